The van der Waals surface area contributed by atoms with E-state index in [1.807, 2.05) is 42.6 Å². The monoisotopic (exact) mass is 1030 g/mol. The van der Waals surface area contributed by atoms with Crippen molar-refractivity contribution >= 4 is 87.2 Å². The van der Waals surface area contributed by atoms with Gasteiger partial charge in [0, 0.05) is 80.6 Å². The van der Waals surface area contributed by atoms with E-state index >= 15 is 0 Å². The predicted octanol–water partition coefficient (Wildman–Crippen LogP) is 15.6. The second-order valence-corrected chi connectivity index (χ2v) is 18.0. The van der Waals surface area contributed by atoms with Crippen molar-refractivity contribution in [1.29, 1.82) is 0 Å². The molecule has 0 aliphatic rings. The molecule has 0 aliphatic heterocycles. The molecule has 6 aromatic heterocycles. The zero-order valence-corrected chi connectivity index (χ0v) is 39.4. The third kappa shape index (κ3) is 5.81. The van der Waals surface area contributed by atoms with E-state index in [-0.39, 0.29) is 20.1 Å². The molecule has 5 nitrogen and oxygen atoms in total. The van der Waals surface area contributed by atoms with Gasteiger partial charge >= 0.3 is 0 Å². The molecule has 0 unspecified atom stereocenters. The molecule has 1 radical (unpaired) electrons. The summed E-state index contributed by atoms with van der Waals surface area (Å²) in [6.45, 7) is 9.04. The molecule has 6 heterocycles. The molecule has 66 heavy (non-hydrogen) atoms. The Morgan fingerprint density at radius 2 is 0.939 bits per heavy atom. The molecule has 0 saturated carbocycles. The summed E-state index contributed by atoms with van der Waals surface area (Å²) in [7, 11) is 0. The summed E-state index contributed by atoms with van der Waals surface area (Å²) >= 11 is 0. The van der Waals surface area contributed by atoms with Crippen molar-refractivity contribution in [3.63, 3.8) is 0 Å². The molecular weight excluding hydrogens is 983 g/mol. The Kier molecular flexibility index (Phi) is 9.36. The van der Waals surface area contributed by atoms with Crippen molar-refractivity contribution in [2.24, 2.45) is 0 Å². The van der Waals surface area contributed by atoms with Crippen LogP contribution in [0.3, 0.4) is 0 Å². The number of rotatable bonds is 5. The molecule has 0 aliphatic carbocycles. The second-order valence-electron chi connectivity index (χ2n) is 18.0. The van der Waals surface area contributed by atoms with Crippen molar-refractivity contribution in [2.45, 2.75) is 39.5 Å². The molecule has 0 amide bonds. The molecule has 0 fully saturated rings. The van der Waals surface area contributed by atoms with Crippen molar-refractivity contribution in [2.75, 3.05) is 0 Å². The summed E-state index contributed by atoms with van der Waals surface area (Å²) < 4.78 is 7.26. The number of nitrogens with zero attached hydrogens (tertiary/aromatic N) is 5. The van der Waals surface area contributed by atoms with E-state index in [0.29, 0.717) is 11.8 Å². The van der Waals surface area contributed by atoms with Crippen LogP contribution in [0.15, 0.2) is 176 Å². The van der Waals surface area contributed by atoms with E-state index in [0.717, 1.165) is 33.7 Å². The number of para-hydroxylation sites is 6. The fraction of sp³-hybridized carbons (Fsp3) is 0.100. The number of hydrogen-bond donors (Lipinski definition) is 0. The number of imidazole rings is 1. The van der Waals surface area contributed by atoms with Gasteiger partial charge < -0.3 is 18.4 Å². The second kappa shape index (κ2) is 15.4. The zero-order chi connectivity index (χ0) is 43.5. The van der Waals surface area contributed by atoms with Gasteiger partial charge in [-0.2, -0.15) is 0 Å². The Morgan fingerprint density at radius 3 is 1.56 bits per heavy atom. The Labute approximate surface area is 395 Å². The van der Waals surface area contributed by atoms with Crippen LogP contribution >= 0.6 is 0 Å². The van der Waals surface area contributed by atoms with Crippen LogP contribution in [0.1, 0.15) is 50.7 Å². The van der Waals surface area contributed by atoms with Gasteiger partial charge in [0.05, 0.1) is 44.4 Å². The number of benzene rings is 8. The van der Waals surface area contributed by atoms with E-state index < -0.39 is 0 Å². The topological polar surface area (TPSA) is 39.5 Å². The first-order chi connectivity index (χ1) is 31.9. The summed E-state index contributed by atoms with van der Waals surface area (Å²) in [6, 6.07) is 67.2. The minimum absolute atomic E-state index is 0. The maximum atomic E-state index is 4.99. The van der Waals surface area contributed by atoms with Crippen LogP contribution in [0.25, 0.3) is 116 Å². The molecule has 319 valence electrons. The zero-order valence-electron chi connectivity index (χ0n) is 37.0. The van der Waals surface area contributed by atoms with Crippen LogP contribution in [-0.4, -0.2) is 23.3 Å². The Balaban J connectivity index is 0.000000145. The fourth-order valence-corrected chi connectivity index (χ4v) is 10.7. The molecule has 0 atom stereocenters. The molecule has 0 spiro atoms. The predicted molar refractivity (Wildman–Crippen MR) is 271 cm³/mol. The maximum Gasteiger partial charge on any atom is 0.0774 e. The molecule has 6 heteroatoms. The van der Waals surface area contributed by atoms with E-state index in [4.69, 9.17) is 9.97 Å². The third-order valence-corrected chi connectivity index (χ3v) is 13.6. The van der Waals surface area contributed by atoms with E-state index in [1.54, 1.807) is 0 Å². The molecule has 8 aromatic carbocycles. The number of fused-ring (bicyclic) bond motifs is 13. The molecule has 0 N–H and O–H groups in total. The van der Waals surface area contributed by atoms with Gasteiger partial charge in [-0.05, 0) is 59.0 Å². The van der Waals surface area contributed by atoms with E-state index in [1.165, 1.54) is 93.0 Å². The van der Waals surface area contributed by atoms with Gasteiger partial charge in [-0.25, -0.2) is 0 Å². The van der Waals surface area contributed by atoms with Crippen LogP contribution < -0.4 is 0 Å². The normalized spacial score (nSPS) is 12.1. The van der Waals surface area contributed by atoms with Crippen LogP contribution in [0.2, 0.25) is 0 Å². The summed E-state index contributed by atoms with van der Waals surface area (Å²) in [5, 5.41) is 10.2. The van der Waals surface area contributed by atoms with Gasteiger partial charge in [0.25, 0.3) is 0 Å². The largest absolute Gasteiger partial charge is 0.333 e. The van der Waals surface area contributed by atoms with Gasteiger partial charge in [-0.3, -0.25) is 4.98 Å². The summed E-state index contributed by atoms with van der Waals surface area (Å²) in [4.78, 5) is 9.83. The molecular formula is C60H43IrN5-2. The number of pyridine rings is 1. The minimum atomic E-state index is 0. The number of hydrogen-bond acceptors (Lipinski definition) is 2. The quantitative estimate of drug-likeness (QED) is 0.161. The van der Waals surface area contributed by atoms with Crippen LogP contribution in [0, 0.1) is 12.1 Å². The number of aromatic nitrogens is 5. The Hall–Kier alpha value is -7.37. The van der Waals surface area contributed by atoms with Crippen molar-refractivity contribution in [3.8, 4) is 28.3 Å². The van der Waals surface area contributed by atoms with Gasteiger partial charge in [-0.15, -0.1) is 71.8 Å². The summed E-state index contributed by atoms with van der Waals surface area (Å²) in [6.07, 6.45) is 2.03. The maximum absolute atomic E-state index is 4.99. The average Bonchev–Trinajstić information content (AvgIpc) is 4.15. The van der Waals surface area contributed by atoms with Gasteiger partial charge in [-0.1, -0.05) is 119 Å². The standard InChI is InChI=1S/C35H18N3.C25H25N2.Ir/c1-2-8-20(9-3-1)29-18-33-28(19-36-29)25-14-7-13-24-27-16-31-26(17-32(27)38(33)35(24)25)23-12-6-11-22-21-10-4-5-15-30(21)37(31)34(22)23;1-17(2)20-13-10-14-21(18(3)4)24(20)27-23-16-9-8-15-22(23)26-25(27)19-11-6-5-7-12-19;/h1-8,10-19H;5-11,13-18H,1-4H3;/q2*-1;. The van der Waals surface area contributed by atoms with Gasteiger partial charge in [0.15, 0.2) is 0 Å². The smallest absolute Gasteiger partial charge is 0.0774 e. The SMILES string of the molecule is CC(C)c1cccc(C(C)C)c1-n1c(-c2[c-]cccc2)nc2ccccc21.[Ir].[c-]1ccccc1-c1cc2c(cn1)c1cccc3c4cc5c(cc4n2c13)c1cccc2c3ccccc3n5c21. The van der Waals surface area contributed by atoms with Gasteiger partial charge in [0.2, 0.25) is 0 Å². The first-order valence-electron chi connectivity index (χ1n) is 22.6. The summed E-state index contributed by atoms with van der Waals surface area (Å²) in [5.74, 6) is 1.80. The van der Waals surface area contributed by atoms with Gasteiger partial charge in [0.1, 0.15) is 0 Å². The van der Waals surface area contributed by atoms with Crippen molar-refractivity contribution in [3.05, 3.63) is 199 Å². The molecule has 0 saturated heterocycles. The third-order valence-electron chi connectivity index (χ3n) is 13.6. The first-order valence-corrected chi connectivity index (χ1v) is 22.6. The van der Waals surface area contributed by atoms with Crippen molar-refractivity contribution < 1.29 is 20.1 Å². The Bertz CT molecular complexity index is 4090. The average molecular weight is 1030 g/mol. The molecule has 14 rings (SSSR count). The van der Waals surface area contributed by atoms with E-state index in [2.05, 4.69) is 187 Å². The van der Waals surface area contributed by atoms with Crippen LogP contribution in [0.4, 0.5) is 0 Å². The Morgan fingerprint density at radius 1 is 0.439 bits per heavy atom. The van der Waals surface area contributed by atoms with E-state index in [9.17, 15) is 0 Å². The minimum Gasteiger partial charge on any atom is -0.333 e. The van der Waals surface area contributed by atoms with Crippen molar-refractivity contribution in [1.82, 2.24) is 23.3 Å². The molecule has 14 aromatic rings. The first kappa shape index (κ1) is 40.2. The van der Waals surface area contributed by atoms with Crippen LogP contribution in [-0.2, 0) is 20.1 Å². The fourth-order valence-electron chi connectivity index (χ4n) is 10.7. The van der Waals surface area contributed by atoms with Crippen LogP contribution in [0.5, 0.6) is 0 Å². The summed E-state index contributed by atoms with van der Waals surface area (Å²) in [5.41, 5.74) is 16.6. The molecule has 0 bridgehead atoms.